The topological polar surface area (TPSA) is 95.3 Å². The fraction of sp³-hybridized carbons (Fsp3) is 0.481. The number of hydrogen-bond acceptors (Lipinski definition) is 7. The highest BCUT2D eigenvalue weighted by Crippen LogP contribution is 2.42. The standard InChI is InChI=1S/C27H31BrN4O5S/c1-4-37-21-10-16(9-19(28)23(21)34)11-27(24(35)29(2)26(38)30(3)25(27)36)15-31-12-17-8-18(14-31)20-6-5-7-22(33)32(20)13-17/h5-7,9-10,17-18,34H,4,8,11-15H2,1-3H3/t17-,18+/m1/s1. The van der Waals surface area contributed by atoms with Crippen LogP contribution < -0.4 is 10.3 Å². The summed E-state index contributed by atoms with van der Waals surface area (Å²) < 4.78 is 7.90. The Bertz CT molecular complexity index is 1350. The average Bonchev–Trinajstić information content (AvgIpc) is 2.89. The van der Waals surface area contributed by atoms with Gasteiger partial charge in [0.15, 0.2) is 16.6 Å². The van der Waals surface area contributed by atoms with Gasteiger partial charge in [0.2, 0.25) is 11.8 Å². The monoisotopic (exact) mass is 602 g/mol. The Morgan fingerprint density at radius 2 is 1.82 bits per heavy atom. The van der Waals surface area contributed by atoms with E-state index in [0.29, 0.717) is 36.3 Å². The van der Waals surface area contributed by atoms with Gasteiger partial charge in [-0.1, -0.05) is 6.07 Å². The van der Waals surface area contributed by atoms with E-state index < -0.39 is 5.41 Å². The first-order valence-electron chi connectivity index (χ1n) is 12.7. The van der Waals surface area contributed by atoms with Crippen molar-refractivity contribution in [1.29, 1.82) is 0 Å². The molecule has 3 aliphatic rings. The number of nitrogens with zero attached hydrogens (tertiary/aromatic N) is 4. The maximum Gasteiger partial charge on any atom is 0.250 e. The van der Waals surface area contributed by atoms with Crippen LogP contribution in [0, 0.1) is 11.3 Å². The second kappa shape index (κ2) is 10.1. The van der Waals surface area contributed by atoms with Crippen LogP contribution in [0.4, 0.5) is 0 Å². The number of amides is 2. The van der Waals surface area contributed by atoms with Crippen LogP contribution in [0.1, 0.15) is 30.5 Å². The molecule has 202 valence electrons. The van der Waals surface area contributed by atoms with Gasteiger partial charge in [-0.3, -0.25) is 24.2 Å². The Hall–Kier alpha value is -2.76. The number of phenols is 1. The molecular weight excluding hydrogens is 572 g/mol. The normalized spacial score (nSPS) is 23.0. The minimum Gasteiger partial charge on any atom is -0.503 e. The summed E-state index contributed by atoms with van der Waals surface area (Å²) >= 11 is 8.78. The van der Waals surface area contributed by atoms with E-state index in [1.54, 1.807) is 38.4 Å². The zero-order valence-electron chi connectivity index (χ0n) is 21.6. The number of fused-ring (bicyclic) bond motifs is 4. The van der Waals surface area contributed by atoms with E-state index >= 15 is 0 Å². The molecule has 3 aliphatic heterocycles. The molecule has 2 amide bonds. The maximum absolute atomic E-state index is 14.0. The highest BCUT2D eigenvalue weighted by Gasteiger charge is 2.55. The lowest BCUT2D eigenvalue weighted by molar-refractivity contribution is -0.157. The highest BCUT2D eigenvalue weighted by atomic mass is 79.9. The number of phenolic OH excluding ortho intramolecular Hbond substituents is 1. The van der Waals surface area contributed by atoms with Crippen molar-refractivity contribution in [1.82, 2.24) is 19.3 Å². The second-order valence-corrected chi connectivity index (χ2v) is 11.7. The number of ether oxygens (including phenoxy) is 1. The summed E-state index contributed by atoms with van der Waals surface area (Å²) in [6.07, 6.45) is 1.09. The SMILES string of the molecule is CCOc1cc(CC2(CN3C[C@H]4C[C@@H](C3)c3cccc(=O)n3C4)C(=O)N(C)C(=S)N(C)C2=O)cc(Br)c1O. The first-order valence-corrected chi connectivity index (χ1v) is 13.9. The minimum atomic E-state index is -1.42. The largest absolute Gasteiger partial charge is 0.503 e. The van der Waals surface area contributed by atoms with Gasteiger partial charge in [-0.25, -0.2) is 0 Å². The van der Waals surface area contributed by atoms with E-state index in [0.717, 1.165) is 12.1 Å². The quantitative estimate of drug-likeness (QED) is 0.401. The lowest BCUT2D eigenvalue weighted by atomic mass is 9.75. The molecule has 2 saturated heterocycles. The van der Waals surface area contributed by atoms with E-state index in [2.05, 4.69) is 20.8 Å². The Morgan fingerprint density at radius 1 is 1.11 bits per heavy atom. The molecule has 0 spiro atoms. The van der Waals surface area contributed by atoms with Gasteiger partial charge in [-0.15, -0.1) is 0 Å². The number of carbonyl (C=O) groups excluding carboxylic acids is 2. The van der Waals surface area contributed by atoms with Crippen LogP contribution in [-0.4, -0.2) is 81.6 Å². The van der Waals surface area contributed by atoms with Crippen molar-refractivity contribution in [3.63, 3.8) is 0 Å². The van der Waals surface area contributed by atoms with Crippen molar-refractivity contribution in [3.8, 4) is 11.5 Å². The van der Waals surface area contributed by atoms with E-state index in [1.165, 1.54) is 9.80 Å². The molecule has 0 aliphatic carbocycles. The fourth-order valence-electron chi connectivity index (χ4n) is 6.32. The van der Waals surface area contributed by atoms with Crippen LogP contribution in [0.3, 0.4) is 0 Å². The Balaban J connectivity index is 1.53. The number of aromatic hydroxyl groups is 1. The number of aromatic nitrogens is 1. The number of halogens is 1. The molecule has 1 aromatic carbocycles. The summed E-state index contributed by atoms with van der Waals surface area (Å²) in [4.78, 5) is 45.4. The van der Waals surface area contributed by atoms with Crippen molar-refractivity contribution in [2.75, 3.05) is 40.3 Å². The van der Waals surface area contributed by atoms with Crippen molar-refractivity contribution in [3.05, 3.63) is 56.4 Å². The number of piperidine rings is 1. The molecule has 0 unspecified atom stereocenters. The number of likely N-dealkylation sites (tertiary alicyclic amines) is 1. The van der Waals surface area contributed by atoms with Gasteiger partial charge < -0.3 is 19.3 Å². The molecule has 2 bridgehead atoms. The molecule has 2 aromatic rings. The van der Waals surface area contributed by atoms with Gasteiger partial charge in [0.05, 0.1) is 11.1 Å². The molecule has 0 saturated carbocycles. The van der Waals surface area contributed by atoms with Gasteiger partial charge in [-0.05, 0) is 77.6 Å². The molecule has 4 heterocycles. The minimum absolute atomic E-state index is 0.0135. The van der Waals surface area contributed by atoms with Gasteiger partial charge in [0.1, 0.15) is 5.41 Å². The summed E-state index contributed by atoms with van der Waals surface area (Å²) in [6.45, 7) is 4.34. The predicted octanol–water partition coefficient (Wildman–Crippen LogP) is 2.58. The van der Waals surface area contributed by atoms with Crippen molar-refractivity contribution in [2.45, 2.75) is 32.2 Å². The highest BCUT2D eigenvalue weighted by molar-refractivity contribution is 9.10. The Morgan fingerprint density at radius 3 is 2.50 bits per heavy atom. The first-order chi connectivity index (χ1) is 18.1. The number of thiocarbonyl (C=S) groups is 1. The lowest BCUT2D eigenvalue weighted by Gasteiger charge is -2.48. The number of rotatable bonds is 6. The van der Waals surface area contributed by atoms with Crippen LogP contribution in [0.25, 0.3) is 0 Å². The smallest absolute Gasteiger partial charge is 0.250 e. The Kier molecular flexibility index (Phi) is 7.12. The summed E-state index contributed by atoms with van der Waals surface area (Å²) in [7, 11) is 3.21. The van der Waals surface area contributed by atoms with Crippen LogP contribution in [0.5, 0.6) is 11.5 Å². The van der Waals surface area contributed by atoms with Crippen LogP contribution in [-0.2, 0) is 22.6 Å². The van der Waals surface area contributed by atoms with Gasteiger partial charge in [0, 0.05) is 58.0 Å². The van der Waals surface area contributed by atoms with Gasteiger partial charge >= 0.3 is 0 Å². The molecule has 1 aromatic heterocycles. The number of pyridine rings is 1. The Labute approximate surface area is 235 Å². The number of hydrogen-bond donors (Lipinski definition) is 1. The second-order valence-electron chi connectivity index (χ2n) is 10.5. The molecule has 0 radical (unpaired) electrons. The molecule has 1 N–H and O–H groups in total. The number of carbonyl (C=O) groups is 2. The molecular formula is C27H31BrN4O5S. The predicted molar refractivity (Wildman–Crippen MR) is 149 cm³/mol. The van der Waals surface area contributed by atoms with E-state index in [-0.39, 0.29) is 58.8 Å². The third-order valence-electron chi connectivity index (χ3n) is 7.94. The number of benzene rings is 1. The zero-order valence-corrected chi connectivity index (χ0v) is 24.0. The van der Waals surface area contributed by atoms with Crippen molar-refractivity contribution >= 4 is 45.1 Å². The van der Waals surface area contributed by atoms with Crippen molar-refractivity contribution < 1.29 is 19.4 Å². The van der Waals surface area contributed by atoms with E-state index in [9.17, 15) is 19.5 Å². The van der Waals surface area contributed by atoms with Gasteiger partial charge in [0.25, 0.3) is 5.56 Å². The van der Waals surface area contributed by atoms with Gasteiger partial charge in [-0.2, -0.15) is 0 Å². The molecule has 9 nitrogen and oxygen atoms in total. The van der Waals surface area contributed by atoms with E-state index in [1.807, 2.05) is 17.6 Å². The molecule has 2 fully saturated rings. The summed E-state index contributed by atoms with van der Waals surface area (Å²) in [5.74, 6) is -0.0453. The van der Waals surface area contributed by atoms with Crippen LogP contribution in [0.15, 0.2) is 39.6 Å². The average molecular weight is 604 g/mol. The molecule has 11 heteroatoms. The molecule has 38 heavy (non-hydrogen) atoms. The van der Waals surface area contributed by atoms with E-state index in [4.69, 9.17) is 17.0 Å². The van der Waals surface area contributed by atoms with Crippen LogP contribution >= 0.6 is 28.1 Å². The first kappa shape index (κ1) is 26.8. The lowest BCUT2D eigenvalue weighted by Crippen LogP contribution is -2.67. The van der Waals surface area contributed by atoms with Crippen LogP contribution in [0.2, 0.25) is 0 Å². The maximum atomic E-state index is 14.0. The summed E-state index contributed by atoms with van der Waals surface area (Å²) in [6, 6.07) is 8.80. The summed E-state index contributed by atoms with van der Waals surface area (Å²) in [5, 5.41) is 10.6. The third kappa shape index (κ3) is 4.44. The third-order valence-corrected chi connectivity index (χ3v) is 9.10. The zero-order chi connectivity index (χ0) is 27.4. The molecule has 5 rings (SSSR count). The summed E-state index contributed by atoms with van der Waals surface area (Å²) in [5.41, 5.74) is 0.282. The fourth-order valence-corrected chi connectivity index (χ4v) is 6.98. The molecule has 2 atom stereocenters. The van der Waals surface area contributed by atoms with Crippen molar-refractivity contribution in [2.24, 2.45) is 11.3 Å².